The number of benzene rings is 1. The minimum Gasteiger partial charge on any atom is -0.300 e. The van der Waals surface area contributed by atoms with E-state index in [1.807, 2.05) is 6.07 Å². The molecular weight excluding hydrogens is 308 g/mol. The van der Waals surface area contributed by atoms with Gasteiger partial charge in [-0.25, -0.2) is 8.42 Å². The summed E-state index contributed by atoms with van der Waals surface area (Å²) in [6.45, 7) is 4.04. The lowest BCUT2D eigenvalue weighted by atomic mass is 9.93. The zero-order valence-corrected chi connectivity index (χ0v) is 14.2. The summed E-state index contributed by atoms with van der Waals surface area (Å²) < 4.78 is 26.9. The van der Waals surface area contributed by atoms with Gasteiger partial charge in [0.05, 0.1) is 4.90 Å². The number of fused-ring (bicyclic) bond motifs is 2. The van der Waals surface area contributed by atoms with Crippen molar-refractivity contribution in [3.63, 3.8) is 0 Å². The number of hydrogen-bond acceptors (Lipinski definition) is 3. The molecule has 1 saturated heterocycles. The maximum absolute atomic E-state index is 12.6. The number of hydrogen-bond donors (Lipinski definition) is 0. The fourth-order valence-corrected chi connectivity index (χ4v) is 5.77. The lowest BCUT2D eigenvalue weighted by molar-refractivity contribution is 0.156. The molecule has 0 amide bonds. The molecule has 5 heteroatoms. The molecule has 1 saturated carbocycles. The molecule has 1 aromatic carbocycles. The molecule has 1 aliphatic heterocycles. The van der Waals surface area contributed by atoms with Crippen LogP contribution in [0.2, 0.25) is 0 Å². The highest BCUT2D eigenvalue weighted by Crippen LogP contribution is 2.43. The summed E-state index contributed by atoms with van der Waals surface area (Å²) in [6, 6.07) is 8.78. The molecule has 0 N–H and O–H groups in total. The van der Waals surface area contributed by atoms with E-state index in [0.717, 1.165) is 37.4 Å². The van der Waals surface area contributed by atoms with Gasteiger partial charge in [-0.15, -0.1) is 0 Å². The Morgan fingerprint density at radius 2 is 1.70 bits per heavy atom. The van der Waals surface area contributed by atoms with Crippen molar-refractivity contribution in [2.45, 2.75) is 17.7 Å². The Bertz CT molecular complexity index is 678. The van der Waals surface area contributed by atoms with Gasteiger partial charge < -0.3 is 4.90 Å². The van der Waals surface area contributed by atoms with Gasteiger partial charge in [0.25, 0.3) is 0 Å². The molecular formula is C18H24N2O2S. The Morgan fingerprint density at radius 3 is 2.30 bits per heavy atom. The minimum atomic E-state index is -3.33. The summed E-state index contributed by atoms with van der Waals surface area (Å²) in [4.78, 5) is 2.86. The van der Waals surface area contributed by atoms with E-state index in [4.69, 9.17) is 0 Å². The van der Waals surface area contributed by atoms with E-state index in [2.05, 4.69) is 17.1 Å². The molecule has 2 fully saturated rings. The monoisotopic (exact) mass is 332 g/mol. The highest BCUT2D eigenvalue weighted by Gasteiger charge is 2.37. The van der Waals surface area contributed by atoms with Crippen LogP contribution in [0, 0.1) is 17.8 Å². The highest BCUT2D eigenvalue weighted by atomic mass is 32.2. The van der Waals surface area contributed by atoms with Crippen molar-refractivity contribution < 1.29 is 8.42 Å². The Morgan fingerprint density at radius 1 is 0.957 bits per heavy atom. The first-order valence-electron chi connectivity index (χ1n) is 8.59. The van der Waals surface area contributed by atoms with Crippen molar-refractivity contribution in [1.29, 1.82) is 0 Å². The summed E-state index contributed by atoms with van der Waals surface area (Å²) >= 11 is 0. The average molecular weight is 332 g/mol. The molecule has 23 heavy (non-hydrogen) atoms. The number of piperazine rings is 1. The molecule has 0 aromatic heterocycles. The summed E-state index contributed by atoms with van der Waals surface area (Å²) in [5.41, 5.74) is 0. The second-order valence-electron chi connectivity index (χ2n) is 7.06. The van der Waals surface area contributed by atoms with Crippen molar-refractivity contribution >= 4 is 10.0 Å². The molecule has 0 unspecified atom stereocenters. The van der Waals surface area contributed by atoms with Gasteiger partial charge in [-0.05, 0) is 42.7 Å². The quantitative estimate of drug-likeness (QED) is 0.794. The SMILES string of the molecule is O=S(=O)(c1ccccc1)N1CCN(C[C@H]2C[C@H]3C=C[C@H]2C3)CC1. The molecule has 1 aromatic rings. The van der Waals surface area contributed by atoms with Crippen molar-refractivity contribution in [2.75, 3.05) is 32.7 Å². The Labute approximate surface area is 138 Å². The van der Waals surface area contributed by atoms with Crippen molar-refractivity contribution in [1.82, 2.24) is 9.21 Å². The molecule has 4 rings (SSSR count). The minimum absolute atomic E-state index is 0.409. The topological polar surface area (TPSA) is 40.6 Å². The van der Waals surface area contributed by atoms with Gasteiger partial charge in [-0.2, -0.15) is 4.31 Å². The zero-order valence-electron chi connectivity index (χ0n) is 13.3. The fourth-order valence-electron chi connectivity index (χ4n) is 4.33. The predicted octanol–water partition coefficient (Wildman–Crippen LogP) is 2.21. The molecule has 1 heterocycles. The van der Waals surface area contributed by atoms with Crippen LogP contribution in [0.5, 0.6) is 0 Å². The number of rotatable bonds is 4. The number of nitrogens with zero attached hydrogens (tertiary/aromatic N) is 2. The van der Waals surface area contributed by atoms with Crippen LogP contribution < -0.4 is 0 Å². The first kappa shape index (κ1) is 15.4. The first-order valence-corrected chi connectivity index (χ1v) is 10.0. The lowest BCUT2D eigenvalue weighted by Gasteiger charge is -2.36. The maximum Gasteiger partial charge on any atom is 0.243 e. The third-order valence-corrected chi connectivity index (χ3v) is 7.53. The summed E-state index contributed by atoms with van der Waals surface area (Å²) in [5, 5.41) is 0. The third-order valence-electron chi connectivity index (χ3n) is 5.62. The van der Waals surface area contributed by atoms with E-state index in [-0.39, 0.29) is 0 Å². The number of sulfonamides is 1. The molecule has 4 nitrogen and oxygen atoms in total. The van der Waals surface area contributed by atoms with Gasteiger partial charge in [0.2, 0.25) is 10.0 Å². The van der Waals surface area contributed by atoms with E-state index in [1.54, 1.807) is 28.6 Å². The predicted molar refractivity (Wildman–Crippen MR) is 90.5 cm³/mol. The number of allylic oxidation sites excluding steroid dienone is 2. The molecule has 124 valence electrons. The zero-order chi connectivity index (χ0) is 15.9. The van der Waals surface area contributed by atoms with Crippen molar-refractivity contribution in [3.05, 3.63) is 42.5 Å². The maximum atomic E-state index is 12.6. The van der Waals surface area contributed by atoms with Crippen LogP contribution in [-0.2, 0) is 10.0 Å². The van der Waals surface area contributed by atoms with E-state index < -0.39 is 10.0 Å². The average Bonchev–Trinajstić information content (AvgIpc) is 3.19. The van der Waals surface area contributed by atoms with E-state index in [0.29, 0.717) is 18.0 Å². The Hall–Kier alpha value is -1.17. The Kier molecular flexibility index (Phi) is 4.03. The second-order valence-corrected chi connectivity index (χ2v) is 9.00. The standard InChI is InChI=1S/C18H24N2O2S/c21-23(22,18-4-2-1-3-5-18)20-10-8-19(9-11-20)14-17-13-15-6-7-16(17)12-15/h1-7,15-17H,8-14H2/t15-,16-,17+/m0/s1. The molecule has 0 radical (unpaired) electrons. The van der Waals surface area contributed by atoms with Crippen LogP contribution >= 0.6 is 0 Å². The first-order chi connectivity index (χ1) is 11.1. The fraction of sp³-hybridized carbons (Fsp3) is 0.556. The summed E-state index contributed by atoms with van der Waals surface area (Å²) in [6.07, 6.45) is 7.44. The molecule has 0 spiro atoms. The van der Waals surface area contributed by atoms with Crippen LogP contribution in [0.25, 0.3) is 0 Å². The molecule has 3 atom stereocenters. The highest BCUT2D eigenvalue weighted by molar-refractivity contribution is 7.89. The second kappa shape index (κ2) is 6.04. The largest absolute Gasteiger partial charge is 0.300 e. The lowest BCUT2D eigenvalue weighted by Crippen LogP contribution is -2.49. The third kappa shape index (κ3) is 2.97. The van der Waals surface area contributed by atoms with Gasteiger partial charge in [-0.1, -0.05) is 30.4 Å². The van der Waals surface area contributed by atoms with Crippen LogP contribution in [-0.4, -0.2) is 50.3 Å². The Balaban J connectivity index is 1.35. The van der Waals surface area contributed by atoms with Gasteiger partial charge in [-0.3, -0.25) is 0 Å². The summed E-state index contributed by atoms with van der Waals surface area (Å²) in [7, 11) is -3.33. The molecule has 3 aliphatic rings. The van der Waals surface area contributed by atoms with E-state index in [1.165, 1.54) is 12.8 Å². The smallest absolute Gasteiger partial charge is 0.243 e. The molecule has 2 aliphatic carbocycles. The van der Waals surface area contributed by atoms with E-state index >= 15 is 0 Å². The van der Waals surface area contributed by atoms with Gasteiger partial charge in [0, 0.05) is 32.7 Å². The van der Waals surface area contributed by atoms with Gasteiger partial charge in [0.15, 0.2) is 0 Å². The van der Waals surface area contributed by atoms with Crippen LogP contribution in [0.15, 0.2) is 47.4 Å². The summed E-state index contributed by atoms with van der Waals surface area (Å²) in [5.74, 6) is 2.36. The van der Waals surface area contributed by atoms with Gasteiger partial charge in [0.1, 0.15) is 0 Å². The van der Waals surface area contributed by atoms with Crippen molar-refractivity contribution in [3.8, 4) is 0 Å². The molecule has 2 bridgehead atoms. The van der Waals surface area contributed by atoms with Crippen LogP contribution in [0.4, 0.5) is 0 Å². The van der Waals surface area contributed by atoms with Crippen LogP contribution in [0.1, 0.15) is 12.8 Å². The van der Waals surface area contributed by atoms with Gasteiger partial charge >= 0.3 is 0 Å². The van der Waals surface area contributed by atoms with Crippen LogP contribution in [0.3, 0.4) is 0 Å². The normalized spacial score (nSPS) is 31.7. The van der Waals surface area contributed by atoms with Crippen molar-refractivity contribution in [2.24, 2.45) is 17.8 Å². The van der Waals surface area contributed by atoms with E-state index in [9.17, 15) is 8.42 Å².